The van der Waals surface area contributed by atoms with Gasteiger partial charge in [0.1, 0.15) is 11.6 Å². The lowest BCUT2D eigenvalue weighted by molar-refractivity contribution is 0.959. The zero-order chi connectivity index (χ0) is 22.5. The summed E-state index contributed by atoms with van der Waals surface area (Å²) in [6, 6.07) is 28.2. The van der Waals surface area contributed by atoms with Crippen LogP contribution in [0.3, 0.4) is 0 Å². The normalized spacial score (nSPS) is 11.4. The number of fused-ring (bicyclic) bond motifs is 2. The maximum Gasteiger partial charge on any atom is 0.140 e. The van der Waals surface area contributed by atoms with E-state index in [1.807, 2.05) is 55.6 Å². The Kier molecular flexibility index (Phi) is 4.20. The second-order valence-corrected chi connectivity index (χ2v) is 8.26. The van der Waals surface area contributed by atoms with E-state index < -0.39 is 0 Å². The van der Waals surface area contributed by atoms with Crippen LogP contribution in [0.4, 0.5) is 11.4 Å². The van der Waals surface area contributed by atoms with Crippen molar-refractivity contribution < 1.29 is 0 Å². The van der Waals surface area contributed by atoms with Gasteiger partial charge in [-0.3, -0.25) is 0 Å². The molecule has 0 fully saturated rings. The van der Waals surface area contributed by atoms with Crippen LogP contribution in [0.25, 0.3) is 56.0 Å². The molecular formula is C27H22N6. The quantitative estimate of drug-likeness (QED) is 0.318. The van der Waals surface area contributed by atoms with E-state index in [2.05, 4.69) is 45.9 Å². The molecule has 6 rings (SSSR count). The Morgan fingerprint density at radius 3 is 1.97 bits per heavy atom. The summed E-state index contributed by atoms with van der Waals surface area (Å²) >= 11 is 0. The summed E-state index contributed by atoms with van der Waals surface area (Å²) in [5.41, 5.74) is 21.4. The lowest BCUT2D eigenvalue weighted by Gasteiger charge is -2.05. The summed E-state index contributed by atoms with van der Waals surface area (Å²) in [5.74, 6) is 1.75. The third-order valence-corrected chi connectivity index (χ3v) is 6.05. The summed E-state index contributed by atoms with van der Waals surface area (Å²) in [6.45, 7) is 0. The molecule has 0 aliphatic heterocycles. The van der Waals surface area contributed by atoms with Gasteiger partial charge in [-0.25, -0.2) is 9.97 Å². The molecule has 0 spiro atoms. The number of hydrogen-bond acceptors (Lipinski definition) is 4. The first-order valence-electron chi connectivity index (χ1n) is 10.7. The van der Waals surface area contributed by atoms with E-state index >= 15 is 0 Å². The zero-order valence-electron chi connectivity index (χ0n) is 18.1. The van der Waals surface area contributed by atoms with Crippen LogP contribution in [0.5, 0.6) is 0 Å². The van der Waals surface area contributed by atoms with Crippen molar-refractivity contribution in [3.63, 3.8) is 0 Å². The van der Waals surface area contributed by atoms with Gasteiger partial charge in [0.25, 0.3) is 0 Å². The number of aryl methyl sites for hydroxylation is 1. The van der Waals surface area contributed by atoms with Gasteiger partial charge in [0, 0.05) is 29.5 Å². The topological polar surface area (TPSA) is 98.5 Å². The molecule has 0 unspecified atom stereocenters. The van der Waals surface area contributed by atoms with Crippen molar-refractivity contribution in [1.29, 1.82) is 0 Å². The van der Waals surface area contributed by atoms with E-state index in [-0.39, 0.29) is 0 Å². The maximum absolute atomic E-state index is 5.84. The molecule has 0 bridgehead atoms. The molecule has 6 nitrogen and oxygen atoms in total. The highest BCUT2D eigenvalue weighted by molar-refractivity contribution is 5.89. The van der Waals surface area contributed by atoms with E-state index in [4.69, 9.17) is 21.4 Å². The fourth-order valence-electron chi connectivity index (χ4n) is 4.22. The number of H-pyrrole nitrogens is 1. The Bertz CT molecular complexity index is 1620. The molecule has 0 saturated heterocycles. The number of nitrogen functional groups attached to an aromatic ring is 2. The number of nitrogens with one attached hydrogen (secondary N) is 1. The van der Waals surface area contributed by atoms with Gasteiger partial charge in [0.15, 0.2) is 0 Å². The minimum Gasteiger partial charge on any atom is -0.399 e. The average molecular weight is 431 g/mol. The molecule has 160 valence electrons. The number of hydrogen-bond donors (Lipinski definition) is 3. The maximum atomic E-state index is 5.84. The van der Waals surface area contributed by atoms with Crippen LogP contribution in [0.1, 0.15) is 0 Å². The second-order valence-electron chi connectivity index (χ2n) is 8.26. The lowest BCUT2D eigenvalue weighted by atomic mass is 10.0. The van der Waals surface area contributed by atoms with Crippen molar-refractivity contribution in [3.8, 4) is 33.9 Å². The van der Waals surface area contributed by atoms with Crippen LogP contribution in [0, 0.1) is 0 Å². The zero-order valence-corrected chi connectivity index (χ0v) is 18.1. The molecule has 6 aromatic rings. The van der Waals surface area contributed by atoms with Crippen LogP contribution >= 0.6 is 0 Å². The van der Waals surface area contributed by atoms with Crippen LogP contribution in [0.2, 0.25) is 0 Å². The van der Waals surface area contributed by atoms with E-state index in [1.165, 1.54) is 0 Å². The minimum absolute atomic E-state index is 0.738. The Morgan fingerprint density at radius 2 is 1.24 bits per heavy atom. The number of aromatic nitrogens is 4. The summed E-state index contributed by atoms with van der Waals surface area (Å²) in [5, 5.41) is 0. The summed E-state index contributed by atoms with van der Waals surface area (Å²) in [4.78, 5) is 13.0. The van der Waals surface area contributed by atoms with E-state index in [9.17, 15) is 0 Å². The van der Waals surface area contributed by atoms with Crippen molar-refractivity contribution in [2.45, 2.75) is 0 Å². The first-order valence-corrected chi connectivity index (χ1v) is 10.7. The number of anilines is 2. The molecule has 0 amide bonds. The molecule has 0 aliphatic rings. The van der Waals surface area contributed by atoms with Gasteiger partial charge in [-0.1, -0.05) is 12.1 Å². The van der Waals surface area contributed by atoms with Crippen LogP contribution in [-0.4, -0.2) is 19.5 Å². The highest BCUT2D eigenvalue weighted by atomic mass is 15.1. The van der Waals surface area contributed by atoms with Gasteiger partial charge in [-0.2, -0.15) is 0 Å². The Morgan fingerprint density at radius 1 is 0.636 bits per heavy atom. The third-order valence-electron chi connectivity index (χ3n) is 6.05. The van der Waals surface area contributed by atoms with E-state index in [0.717, 1.165) is 67.3 Å². The lowest BCUT2D eigenvalue weighted by Crippen LogP contribution is -1.93. The smallest absolute Gasteiger partial charge is 0.140 e. The Balaban J connectivity index is 1.40. The Labute approximate surface area is 190 Å². The summed E-state index contributed by atoms with van der Waals surface area (Å²) in [7, 11) is 2.04. The SMILES string of the molecule is Cn1c(-c2ccc(N)cc2)nc2ccc(-c3ccc4[nH]c(-c5ccc(N)cc5)nc4c3)cc21. The number of rotatable bonds is 3. The first-order chi connectivity index (χ1) is 16.0. The molecule has 0 radical (unpaired) electrons. The van der Waals surface area contributed by atoms with Crippen molar-refractivity contribution in [2.75, 3.05) is 11.5 Å². The highest BCUT2D eigenvalue weighted by Gasteiger charge is 2.12. The van der Waals surface area contributed by atoms with Gasteiger partial charge in [0.2, 0.25) is 0 Å². The number of imidazole rings is 2. The molecule has 5 N–H and O–H groups in total. The number of aromatic amines is 1. The highest BCUT2D eigenvalue weighted by Crippen LogP contribution is 2.30. The molecular weight excluding hydrogens is 408 g/mol. The number of nitrogens with zero attached hydrogens (tertiary/aromatic N) is 3. The monoisotopic (exact) mass is 430 g/mol. The molecule has 0 atom stereocenters. The number of nitrogens with two attached hydrogens (primary N) is 2. The molecule has 0 aliphatic carbocycles. The van der Waals surface area contributed by atoms with Gasteiger partial charge >= 0.3 is 0 Å². The van der Waals surface area contributed by atoms with Crippen LogP contribution < -0.4 is 11.5 Å². The largest absolute Gasteiger partial charge is 0.399 e. The standard InChI is InChI=1S/C27H22N6/c1-33-25-15-19(7-13-23(25)32-27(33)17-4-10-21(29)11-5-17)18-6-12-22-24(14-18)31-26(30-22)16-2-8-20(28)9-3-16/h2-15H,28-29H2,1H3,(H,30,31). The minimum atomic E-state index is 0.738. The predicted molar refractivity (Wildman–Crippen MR) is 135 cm³/mol. The van der Waals surface area contributed by atoms with Crippen molar-refractivity contribution in [1.82, 2.24) is 19.5 Å². The van der Waals surface area contributed by atoms with Crippen molar-refractivity contribution in [3.05, 3.63) is 84.9 Å². The van der Waals surface area contributed by atoms with E-state index in [0.29, 0.717) is 0 Å². The van der Waals surface area contributed by atoms with Crippen molar-refractivity contribution >= 4 is 33.4 Å². The molecule has 2 heterocycles. The molecule has 6 heteroatoms. The second kappa shape index (κ2) is 7.24. The van der Waals surface area contributed by atoms with Gasteiger partial charge in [0.05, 0.1) is 22.1 Å². The summed E-state index contributed by atoms with van der Waals surface area (Å²) < 4.78 is 2.12. The number of benzene rings is 4. The first kappa shape index (κ1) is 19.1. The average Bonchev–Trinajstić information content (AvgIpc) is 3.40. The van der Waals surface area contributed by atoms with E-state index in [1.54, 1.807) is 0 Å². The fraction of sp³-hybridized carbons (Fsp3) is 0.0370. The Hall–Kier alpha value is -4.58. The third kappa shape index (κ3) is 3.29. The molecule has 2 aromatic heterocycles. The fourth-order valence-corrected chi connectivity index (χ4v) is 4.22. The van der Waals surface area contributed by atoms with Gasteiger partial charge in [-0.15, -0.1) is 0 Å². The molecule has 4 aromatic carbocycles. The predicted octanol–water partition coefficient (Wildman–Crippen LogP) is 5.62. The van der Waals surface area contributed by atoms with Crippen LogP contribution in [0.15, 0.2) is 84.9 Å². The van der Waals surface area contributed by atoms with Gasteiger partial charge in [-0.05, 0) is 83.9 Å². The van der Waals surface area contributed by atoms with Crippen LogP contribution in [-0.2, 0) is 7.05 Å². The molecule has 0 saturated carbocycles. The molecule has 33 heavy (non-hydrogen) atoms. The van der Waals surface area contributed by atoms with Crippen molar-refractivity contribution in [2.24, 2.45) is 7.05 Å². The summed E-state index contributed by atoms with van der Waals surface area (Å²) in [6.07, 6.45) is 0. The van der Waals surface area contributed by atoms with Gasteiger partial charge < -0.3 is 21.0 Å².